The molecule has 4 nitrogen and oxygen atoms in total. The largest absolute Gasteiger partial charge is 0.507 e. The summed E-state index contributed by atoms with van der Waals surface area (Å²) in [5.74, 6) is -0.317. The minimum Gasteiger partial charge on any atom is -0.507 e. The number of para-hydroxylation sites is 1. The first kappa shape index (κ1) is 37.8. The fourth-order valence-electron chi connectivity index (χ4n) is 8.21. The molecule has 0 aliphatic carbocycles. The van der Waals surface area contributed by atoms with Gasteiger partial charge in [-0.3, -0.25) is 9.55 Å². The van der Waals surface area contributed by atoms with Gasteiger partial charge in [-0.25, -0.2) is 4.98 Å². The zero-order valence-electron chi connectivity index (χ0n) is 45.7. The molecule has 5 heteroatoms. The van der Waals surface area contributed by atoms with Crippen LogP contribution in [0.2, 0.25) is 0 Å². The van der Waals surface area contributed by atoms with Crippen LogP contribution in [0.3, 0.4) is 0 Å². The fourth-order valence-corrected chi connectivity index (χ4v) is 8.21. The molecule has 0 unspecified atom stereocenters. The standard InChI is InChI=1S/C59H62N3O.Pt/c1-36(2)39-22-24-40(25-23-39)42-26-27-60-52(32-42)44-29-43(30-45(31-44)57(5,6)7)48-20-17-21-53-54(48)61-56(50-33-46(58(8,9)10)34-51(55(50)63)59(11,12)13)62(53)47-28-37(3)38(4)49(35-47)41-18-15-14-16-19-41;/h14-28,30-36,63H,1-13H3;/q-1;/i3D3,4D3,36D;. The smallest absolute Gasteiger partial charge is 0.148 e. The van der Waals surface area contributed by atoms with Crippen LogP contribution in [0.25, 0.3) is 72.7 Å². The minimum atomic E-state index is -2.81. The van der Waals surface area contributed by atoms with Gasteiger partial charge in [0.15, 0.2) is 0 Å². The third kappa shape index (κ3) is 9.05. The summed E-state index contributed by atoms with van der Waals surface area (Å²) in [5, 5.41) is 12.5. The van der Waals surface area contributed by atoms with Gasteiger partial charge < -0.3 is 5.11 Å². The molecular weight excluding hydrogens is 962 g/mol. The number of phenolic OH excluding ortho intramolecular Hbond substituents is 1. The molecule has 0 amide bonds. The number of aromatic nitrogens is 3. The Morgan fingerprint density at radius 2 is 1.33 bits per heavy atom. The molecule has 0 spiro atoms. The van der Waals surface area contributed by atoms with Crippen molar-refractivity contribution in [3.63, 3.8) is 0 Å². The molecule has 8 aromatic rings. The third-order valence-electron chi connectivity index (χ3n) is 12.0. The second-order valence-corrected chi connectivity index (χ2v) is 20.1. The zero-order chi connectivity index (χ0) is 51.1. The quantitative estimate of drug-likeness (QED) is 0.162. The van der Waals surface area contributed by atoms with Crippen molar-refractivity contribution in [1.29, 1.82) is 0 Å². The molecule has 0 saturated heterocycles. The van der Waals surface area contributed by atoms with Crippen LogP contribution < -0.4 is 0 Å². The summed E-state index contributed by atoms with van der Waals surface area (Å²) in [4.78, 5) is 10.3. The molecule has 2 heterocycles. The Morgan fingerprint density at radius 3 is 1.97 bits per heavy atom. The average Bonchev–Trinajstić information content (AvgIpc) is 3.66. The summed E-state index contributed by atoms with van der Waals surface area (Å²) in [7, 11) is 0. The Balaban J connectivity index is 0.00000741. The minimum absolute atomic E-state index is 0. The molecule has 64 heavy (non-hydrogen) atoms. The first-order valence-electron chi connectivity index (χ1n) is 25.2. The molecule has 2 aromatic heterocycles. The van der Waals surface area contributed by atoms with E-state index in [1.165, 1.54) is 6.07 Å². The Bertz CT molecular complexity index is 3270. The van der Waals surface area contributed by atoms with E-state index >= 15 is 0 Å². The van der Waals surface area contributed by atoms with Crippen LogP contribution in [0.1, 0.15) is 125 Å². The number of imidazole rings is 1. The molecule has 0 fully saturated rings. The van der Waals surface area contributed by atoms with Crippen molar-refractivity contribution in [3.8, 4) is 67.5 Å². The number of hydrogen-bond acceptors (Lipinski definition) is 3. The first-order chi connectivity index (χ1) is 32.4. The van der Waals surface area contributed by atoms with Crippen LogP contribution >= 0.6 is 0 Å². The van der Waals surface area contributed by atoms with E-state index in [4.69, 9.17) is 19.6 Å². The monoisotopic (exact) mass is 1030 g/mol. The number of benzene rings is 6. The van der Waals surface area contributed by atoms with Crippen LogP contribution in [0.5, 0.6) is 5.75 Å². The molecule has 0 bridgehead atoms. The van der Waals surface area contributed by atoms with E-state index in [9.17, 15) is 5.11 Å². The Hall–Kier alpha value is -5.57. The van der Waals surface area contributed by atoms with E-state index < -0.39 is 25.0 Å². The van der Waals surface area contributed by atoms with Gasteiger partial charge >= 0.3 is 0 Å². The number of hydrogen-bond donors (Lipinski definition) is 1. The van der Waals surface area contributed by atoms with E-state index in [1.807, 2.05) is 85.1 Å². The molecule has 0 aliphatic rings. The van der Waals surface area contributed by atoms with Crippen molar-refractivity contribution in [3.05, 3.63) is 167 Å². The Labute approximate surface area is 406 Å². The van der Waals surface area contributed by atoms with E-state index in [0.29, 0.717) is 33.7 Å². The van der Waals surface area contributed by atoms with Gasteiger partial charge in [-0.05, 0) is 111 Å². The third-order valence-corrected chi connectivity index (χ3v) is 12.0. The molecule has 0 radical (unpaired) electrons. The number of phenols is 1. The maximum Gasteiger partial charge on any atom is 0.148 e. The molecule has 8 rings (SSSR count). The van der Waals surface area contributed by atoms with Crippen LogP contribution in [0.15, 0.2) is 128 Å². The van der Waals surface area contributed by atoms with Gasteiger partial charge in [-0.1, -0.05) is 166 Å². The number of aromatic hydroxyl groups is 1. The van der Waals surface area contributed by atoms with Gasteiger partial charge in [0.2, 0.25) is 0 Å². The predicted molar refractivity (Wildman–Crippen MR) is 266 cm³/mol. The fraction of sp³-hybridized carbons (Fsp3) is 0.288. The van der Waals surface area contributed by atoms with Crippen molar-refractivity contribution >= 4 is 11.0 Å². The molecule has 1 N–H and O–H groups in total. The van der Waals surface area contributed by atoms with Gasteiger partial charge in [0.05, 0.1) is 16.6 Å². The number of rotatable bonds is 7. The van der Waals surface area contributed by atoms with Crippen LogP contribution in [0.4, 0.5) is 0 Å². The van der Waals surface area contributed by atoms with Crippen molar-refractivity contribution < 1.29 is 35.8 Å². The van der Waals surface area contributed by atoms with Crippen LogP contribution in [-0.2, 0) is 37.3 Å². The zero-order valence-corrected chi connectivity index (χ0v) is 41.0. The number of fused-ring (bicyclic) bond motifs is 1. The number of aryl methyl sites for hydroxylation is 1. The molecule has 0 saturated carbocycles. The Kier molecular flexibility index (Phi) is 10.3. The van der Waals surface area contributed by atoms with Gasteiger partial charge in [-0.15, -0.1) is 29.3 Å². The summed E-state index contributed by atoms with van der Waals surface area (Å²) >= 11 is 0. The van der Waals surface area contributed by atoms with Crippen molar-refractivity contribution in [1.82, 2.24) is 14.5 Å². The normalized spacial score (nSPS) is 14.4. The summed E-state index contributed by atoms with van der Waals surface area (Å²) in [6.45, 7) is 17.2. The van der Waals surface area contributed by atoms with E-state index in [2.05, 4.69) is 86.6 Å². The van der Waals surface area contributed by atoms with E-state index in [1.54, 1.807) is 36.5 Å². The second-order valence-electron chi connectivity index (χ2n) is 20.1. The predicted octanol–water partition coefficient (Wildman–Crippen LogP) is 15.9. The van der Waals surface area contributed by atoms with Crippen LogP contribution in [0, 0.1) is 19.8 Å². The van der Waals surface area contributed by atoms with E-state index in [-0.39, 0.29) is 54.3 Å². The SMILES string of the molecule is [2H]C([2H])([2H])c1cc(-n2c(-c3cc(C(C)(C)C)cc(C(C)(C)C)c3O)nc3c(-c4[c-]c(-c5cc(-c6ccc(C([2H])(C)C)cc6)ccn5)cc(C(C)(C)C)c4)cccc32)cc(-c2ccccc2)c1C([2H])([2H])[2H].[Pt]. The molecular formula is C59H62N3OPt-. The van der Waals surface area contributed by atoms with Crippen molar-refractivity contribution in [2.24, 2.45) is 0 Å². The first-order valence-corrected chi connectivity index (χ1v) is 21.7. The maximum atomic E-state index is 12.5. The topological polar surface area (TPSA) is 50.9 Å². The van der Waals surface area contributed by atoms with Crippen molar-refractivity contribution in [2.75, 3.05) is 0 Å². The molecule has 0 aliphatic heterocycles. The van der Waals surface area contributed by atoms with Crippen molar-refractivity contribution in [2.45, 2.75) is 112 Å². The molecule has 330 valence electrons. The van der Waals surface area contributed by atoms with Gasteiger partial charge in [0.1, 0.15) is 11.6 Å². The van der Waals surface area contributed by atoms with E-state index in [0.717, 1.165) is 55.8 Å². The molecule has 0 atom stereocenters. The number of pyridine rings is 1. The van der Waals surface area contributed by atoms with Gasteiger partial charge in [0.25, 0.3) is 0 Å². The summed E-state index contributed by atoms with van der Waals surface area (Å²) in [6, 6.07) is 42.2. The molecule has 6 aromatic carbocycles. The summed E-state index contributed by atoms with van der Waals surface area (Å²) in [6.07, 6.45) is 1.80. The number of nitrogens with zero attached hydrogens (tertiary/aromatic N) is 3. The van der Waals surface area contributed by atoms with Gasteiger partial charge in [-0.2, -0.15) is 0 Å². The Morgan fingerprint density at radius 1 is 0.641 bits per heavy atom. The maximum absolute atomic E-state index is 12.5. The summed E-state index contributed by atoms with van der Waals surface area (Å²) in [5.41, 5.74) is 9.82. The van der Waals surface area contributed by atoms with Crippen LogP contribution in [-0.4, -0.2) is 19.6 Å². The summed E-state index contributed by atoms with van der Waals surface area (Å²) < 4.78 is 62.8. The average molecular weight is 1030 g/mol. The second kappa shape index (κ2) is 17.4. The van der Waals surface area contributed by atoms with Gasteiger partial charge in [0, 0.05) is 53.8 Å².